The van der Waals surface area contributed by atoms with Crippen LogP contribution in [0.1, 0.15) is 47.3 Å². The van der Waals surface area contributed by atoms with Gasteiger partial charge in [0.05, 0.1) is 34.1 Å². The SMILES string of the molecule is C.CN(C)C1CCN(C(=O)c2cc(Nc3ncc4c(n3)-c3ccc(Cl)cc3C(c3c(F)cccc3F)=NC4)ccc2Cl)CC1. The summed E-state index contributed by atoms with van der Waals surface area (Å²) in [7, 11) is 4.11. The van der Waals surface area contributed by atoms with Crippen LogP contribution in [0.25, 0.3) is 11.3 Å². The Hall–Kier alpha value is -3.92. The maximum absolute atomic E-state index is 14.9. The Labute approximate surface area is 265 Å². The molecule has 1 N–H and O–H groups in total. The predicted molar refractivity (Wildman–Crippen MR) is 172 cm³/mol. The molecule has 11 heteroatoms. The van der Waals surface area contributed by atoms with Crippen molar-refractivity contribution in [1.82, 2.24) is 19.8 Å². The molecule has 0 saturated carbocycles. The summed E-state index contributed by atoms with van der Waals surface area (Å²) in [5.41, 5.74) is 3.20. The molecular weight excluding hydrogens is 605 g/mol. The molecule has 1 saturated heterocycles. The van der Waals surface area contributed by atoms with Gasteiger partial charge in [0.15, 0.2) is 0 Å². The summed E-state index contributed by atoms with van der Waals surface area (Å²) < 4.78 is 29.7. The van der Waals surface area contributed by atoms with Gasteiger partial charge in [-0.2, -0.15) is 0 Å². The van der Waals surface area contributed by atoms with E-state index in [1.165, 1.54) is 18.2 Å². The third-order valence-electron chi connectivity index (χ3n) is 7.90. The number of likely N-dealkylation sites (tertiary alicyclic amines) is 1. The molecule has 0 aliphatic carbocycles. The molecule has 44 heavy (non-hydrogen) atoms. The summed E-state index contributed by atoms with van der Waals surface area (Å²) in [5, 5.41) is 3.94. The number of piperidine rings is 1. The van der Waals surface area contributed by atoms with Crippen molar-refractivity contribution in [3.63, 3.8) is 0 Å². The van der Waals surface area contributed by atoms with Crippen LogP contribution in [0.4, 0.5) is 20.4 Å². The van der Waals surface area contributed by atoms with E-state index in [4.69, 9.17) is 28.2 Å². The number of carbonyl (C=O) groups is 1. The first kappa shape index (κ1) is 31.5. The average Bonchev–Trinajstić information content (AvgIpc) is 3.14. The third kappa shape index (κ3) is 6.18. The van der Waals surface area contributed by atoms with Gasteiger partial charge in [-0.1, -0.05) is 42.8 Å². The minimum absolute atomic E-state index is 0. The fraction of sp³-hybridized carbons (Fsp3) is 0.273. The van der Waals surface area contributed by atoms with Gasteiger partial charge in [-0.15, -0.1) is 0 Å². The number of aromatic nitrogens is 2. The quantitative estimate of drug-likeness (QED) is 0.244. The lowest BCUT2D eigenvalue weighted by Gasteiger charge is -2.35. The molecule has 0 atom stereocenters. The van der Waals surface area contributed by atoms with Gasteiger partial charge in [-0.05, 0) is 69.4 Å². The van der Waals surface area contributed by atoms with Crippen LogP contribution in [-0.2, 0) is 6.54 Å². The van der Waals surface area contributed by atoms with E-state index < -0.39 is 11.6 Å². The van der Waals surface area contributed by atoms with E-state index in [0.717, 1.165) is 12.8 Å². The Morgan fingerprint density at radius 1 is 1.00 bits per heavy atom. The van der Waals surface area contributed by atoms with Crippen LogP contribution < -0.4 is 5.32 Å². The number of nitrogens with one attached hydrogen (secondary N) is 1. The van der Waals surface area contributed by atoms with Crippen molar-refractivity contribution in [2.24, 2.45) is 4.99 Å². The summed E-state index contributed by atoms with van der Waals surface area (Å²) in [6.07, 6.45) is 3.43. The zero-order valence-electron chi connectivity index (χ0n) is 23.5. The summed E-state index contributed by atoms with van der Waals surface area (Å²) in [4.78, 5) is 31.2. The first-order chi connectivity index (χ1) is 20.7. The molecule has 7 nitrogen and oxygen atoms in total. The van der Waals surface area contributed by atoms with Crippen molar-refractivity contribution in [2.45, 2.75) is 32.9 Å². The fourth-order valence-corrected chi connectivity index (χ4v) is 5.94. The monoisotopic (exact) mass is 636 g/mol. The summed E-state index contributed by atoms with van der Waals surface area (Å²) in [5.74, 6) is -1.30. The van der Waals surface area contributed by atoms with Crippen LogP contribution in [0.2, 0.25) is 10.0 Å². The number of halogens is 4. The molecule has 0 spiro atoms. The second kappa shape index (κ2) is 13.0. The van der Waals surface area contributed by atoms with E-state index in [9.17, 15) is 13.6 Å². The largest absolute Gasteiger partial charge is 0.338 e. The molecule has 3 heterocycles. The van der Waals surface area contributed by atoms with Crippen LogP contribution in [0.15, 0.2) is 65.8 Å². The number of fused-ring (bicyclic) bond motifs is 3. The number of benzene rings is 3. The third-order valence-corrected chi connectivity index (χ3v) is 8.46. The van der Waals surface area contributed by atoms with Crippen molar-refractivity contribution < 1.29 is 13.6 Å². The van der Waals surface area contributed by atoms with Gasteiger partial charge in [-0.3, -0.25) is 9.79 Å². The molecule has 0 radical (unpaired) electrons. The molecule has 6 rings (SSSR count). The van der Waals surface area contributed by atoms with E-state index in [1.807, 2.05) is 4.90 Å². The van der Waals surface area contributed by atoms with Crippen molar-refractivity contribution in [1.29, 1.82) is 0 Å². The number of hydrogen-bond acceptors (Lipinski definition) is 6. The maximum Gasteiger partial charge on any atom is 0.255 e. The molecular formula is C33H32Cl2F2N6O. The second-order valence-electron chi connectivity index (χ2n) is 10.8. The second-order valence-corrected chi connectivity index (χ2v) is 11.7. The Balaban J connectivity index is 0.00000384. The lowest BCUT2D eigenvalue weighted by atomic mass is 9.95. The van der Waals surface area contributed by atoms with Crippen molar-refractivity contribution in [3.05, 3.63) is 105 Å². The summed E-state index contributed by atoms with van der Waals surface area (Å²) in [6.45, 7) is 1.43. The highest BCUT2D eigenvalue weighted by molar-refractivity contribution is 6.34. The highest BCUT2D eigenvalue weighted by atomic mass is 35.5. The standard InChI is InChI=1S/C32H28Cl2F2N6O.CH4/c1-41(2)21-10-12-42(13-11-21)31(43)24-15-20(7-9-25(24)34)39-32-38-17-18-16-37-30(28-26(35)4-3-5-27(28)36)23-14-19(33)6-8-22(23)29(18)40-32;/h3-9,14-15,17,21H,10-13,16H2,1-2H3,(H,38,39,40);1H4. The molecule has 0 bridgehead atoms. The molecule has 228 valence electrons. The van der Waals surface area contributed by atoms with E-state index >= 15 is 0 Å². The van der Waals surface area contributed by atoms with Crippen LogP contribution in [0.5, 0.6) is 0 Å². The molecule has 2 aliphatic heterocycles. The molecule has 1 aromatic heterocycles. The highest BCUT2D eigenvalue weighted by Gasteiger charge is 2.27. The Morgan fingerprint density at radius 3 is 2.43 bits per heavy atom. The lowest BCUT2D eigenvalue weighted by Crippen LogP contribution is -2.44. The zero-order valence-corrected chi connectivity index (χ0v) is 25.1. The number of hydrogen-bond donors (Lipinski definition) is 1. The number of amides is 1. The van der Waals surface area contributed by atoms with Crippen molar-refractivity contribution >= 4 is 46.5 Å². The van der Waals surface area contributed by atoms with Crippen LogP contribution >= 0.6 is 23.2 Å². The van der Waals surface area contributed by atoms with E-state index in [2.05, 4.69) is 34.3 Å². The summed E-state index contributed by atoms with van der Waals surface area (Å²) >= 11 is 12.8. The number of carbonyl (C=O) groups excluding carboxylic acids is 1. The lowest BCUT2D eigenvalue weighted by molar-refractivity contribution is 0.0663. The molecule has 0 unspecified atom stereocenters. The van der Waals surface area contributed by atoms with E-state index in [0.29, 0.717) is 62.8 Å². The number of nitrogens with zero attached hydrogens (tertiary/aromatic N) is 5. The topological polar surface area (TPSA) is 73.7 Å². The van der Waals surface area contributed by atoms with Gasteiger partial charge in [0.1, 0.15) is 11.6 Å². The highest BCUT2D eigenvalue weighted by Crippen LogP contribution is 2.35. The number of anilines is 2. The van der Waals surface area contributed by atoms with Gasteiger partial charge >= 0.3 is 0 Å². The van der Waals surface area contributed by atoms with E-state index in [1.54, 1.807) is 42.6 Å². The number of aliphatic imine (C=N–C) groups is 1. The molecule has 2 aliphatic rings. The smallest absolute Gasteiger partial charge is 0.255 e. The first-order valence-corrected chi connectivity index (χ1v) is 14.6. The van der Waals surface area contributed by atoms with Gasteiger partial charge in [0.25, 0.3) is 5.91 Å². The Bertz CT molecular complexity index is 1730. The van der Waals surface area contributed by atoms with Crippen LogP contribution in [-0.4, -0.2) is 64.6 Å². The van der Waals surface area contributed by atoms with Crippen molar-refractivity contribution in [2.75, 3.05) is 32.5 Å². The van der Waals surface area contributed by atoms with Crippen LogP contribution in [0, 0.1) is 11.6 Å². The minimum atomic E-state index is -0.723. The normalized spacial score (nSPS) is 14.7. The molecule has 3 aromatic carbocycles. The fourth-order valence-electron chi connectivity index (χ4n) is 5.57. The minimum Gasteiger partial charge on any atom is -0.338 e. The molecule has 1 amide bonds. The van der Waals surface area contributed by atoms with Gasteiger partial charge < -0.3 is 15.1 Å². The van der Waals surface area contributed by atoms with Gasteiger partial charge in [-0.25, -0.2) is 18.7 Å². The van der Waals surface area contributed by atoms with Gasteiger partial charge in [0, 0.05) is 52.7 Å². The zero-order chi connectivity index (χ0) is 30.2. The predicted octanol–water partition coefficient (Wildman–Crippen LogP) is 7.63. The Kier molecular flexibility index (Phi) is 9.29. The van der Waals surface area contributed by atoms with Crippen molar-refractivity contribution in [3.8, 4) is 11.3 Å². The molecule has 4 aromatic rings. The van der Waals surface area contributed by atoms with Crippen LogP contribution in [0.3, 0.4) is 0 Å². The Morgan fingerprint density at radius 2 is 1.73 bits per heavy atom. The summed E-state index contributed by atoms with van der Waals surface area (Å²) in [6, 6.07) is 14.4. The number of rotatable bonds is 5. The maximum atomic E-state index is 14.9. The van der Waals surface area contributed by atoms with E-state index in [-0.39, 0.29) is 37.1 Å². The molecule has 1 fully saturated rings. The average molecular weight is 638 g/mol. The first-order valence-electron chi connectivity index (χ1n) is 13.9. The van der Waals surface area contributed by atoms with Gasteiger partial charge in [0.2, 0.25) is 5.95 Å².